The van der Waals surface area contributed by atoms with Crippen LogP contribution in [0.5, 0.6) is 0 Å². The van der Waals surface area contributed by atoms with Crippen LogP contribution in [0, 0.1) is 5.92 Å². The van der Waals surface area contributed by atoms with Crippen molar-refractivity contribution in [3.8, 4) is 11.4 Å². The monoisotopic (exact) mass is 415 g/mol. The number of carbonyl (C=O) groups excluding carboxylic acids is 1. The van der Waals surface area contributed by atoms with Crippen LogP contribution in [0.15, 0.2) is 24.3 Å². The smallest absolute Gasteiger partial charge is 0.334 e. The molecule has 0 amide bonds. The lowest BCUT2D eigenvalue weighted by atomic mass is 9.90. The fraction of sp³-hybridized carbons (Fsp3) is 0.500. The van der Waals surface area contributed by atoms with Crippen LogP contribution in [0.4, 0.5) is 5.82 Å². The molecule has 1 saturated heterocycles. The predicted molar refractivity (Wildman–Crippen MR) is 112 cm³/mol. The third-order valence-electron chi connectivity index (χ3n) is 5.97. The topological polar surface area (TPSA) is 75.6 Å². The number of aryl methyl sites for hydroxylation is 1. The highest BCUT2D eigenvalue weighted by atomic mass is 35.5. The molecule has 1 unspecified atom stereocenters. The predicted octanol–water partition coefficient (Wildman–Crippen LogP) is 3.43. The number of fused-ring (bicyclic) bond motifs is 1. The number of aromatic nitrogens is 2. The molecule has 2 heterocycles. The third-order valence-corrected chi connectivity index (χ3v) is 6.21. The normalized spacial score (nSPS) is 18.2. The number of methoxy groups -OCH3 is 1. The first-order chi connectivity index (χ1) is 14.1. The van der Waals surface area contributed by atoms with Crippen molar-refractivity contribution in [1.82, 2.24) is 9.97 Å². The van der Waals surface area contributed by atoms with Crippen molar-refractivity contribution in [2.75, 3.05) is 25.1 Å². The van der Waals surface area contributed by atoms with Crippen LogP contribution < -0.4 is 4.90 Å². The van der Waals surface area contributed by atoms with Crippen molar-refractivity contribution < 1.29 is 14.6 Å². The van der Waals surface area contributed by atoms with Crippen LogP contribution in [-0.4, -0.2) is 47.3 Å². The number of rotatable bonds is 4. The molecule has 1 N–H and O–H groups in total. The Morgan fingerprint density at radius 3 is 2.72 bits per heavy atom. The number of benzene rings is 1. The van der Waals surface area contributed by atoms with Crippen LogP contribution in [0.1, 0.15) is 36.9 Å². The summed E-state index contributed by atoms with van der Waals surface area (Å²) in [5.41, 5.74) is 3.30. The Morgan fingerprint density at radius 2 is 2.00 bits per heavy atom. The quantitative estimate of drug-likeness (QED) is 0.771. The second kappa shape index (κ2) is 8.67. The van der Waals surface area contributed by atoms with E-state index in [4.69, 9.17) is 26.3 Å². The zero-order chi connectivity index (χ0) is 20.4. The van der Waals surface area contributed by atoms with Gasteiger partial charge in [-0.1, -0.05) is 23.7 Å². The van der Waals surface area contributed by atoms with Crippen LogP contribution >= 0.6 is 11.6 Å². The Balaban J connectivity index is 1.62. The van der Waals surface area contributed by atoms with E-state index in [9.17, 15) is 9.90 Å². The minimum absolute atomic E-state index is 0.0798. The van der Waals surface area contributed by atoms with Gasteiger partial charge in [-0.25, -0.2) is 14.8 Å². The van der Waals surface area contributed by atoms with Crippen LogP contribution in [0.2, 0.25) is 5.02 Å². The fourth-order valence-electron chi connectivity index (χ4n) is 4.33. The van der Waals surface area contributed by atoms with Crippen molar-refractivity contribution in [3.05, 3.63) is 40.5 Å². The molecule has 0 saturated carbocycles. The van der Waals surface area contributed by atoms with Gasteiger partial charge in [0.15, 0.2) is 11.9 Å². The maximum absolute atomic E-state index is 11.7. The van der Waals surface area contributed by atoms with Crippen LogP contribution in [-0.2, 0) is 22.4 Å². The summed E-state index contributed by atoms with van der Waals surface area (Å²) < 4.78 is 4.69. The number of piperidine rings is 1. The number of halogens is 1. The molecule has 2 aromatic rings. The van der Waals surface area contributed by atoms with E-state index < -0.39 is 12.1 Å². The highest BCUT2D eigenvalue weighted by molar-refractivity contribution is 6.30. The van der Waals surface area contributed by atoms with E-state index in [-0.39, 0.29) is 5.92 Å². The maximum atomic E-state index is 11.7. The van der Waals surface area contributed by atoms with E-state index in [1.54, 1.807) is 0 Å². The van der Waals surface area contributed by atoms with Crippen molar-refractivity contribution in [2.24, 2.45) is 5.92 Å². The zero-order valence-electron chi connectivity index (χ0n) is 16.6. The molecule has 1 aliphatic heterocycles. The standard InChI is InChI=1S/C22H26ClN3O3/c1-29-22(28)19(27)14-9-11-26(12-10-14)21-17-7-2-3-8-18(17)24-20(25-21)15-5-4-6-16(23)13-15/h4-6,13-14,19,27H,2-3,7-12H2,1H3. The molecular formula is C22H26ClN3O3. The van der Waals surface area contributed by atoms with Gasteiger partial charge in [0.25, 0.3) is 0 Å². The molecule has 1 atom stereocenters. The van der Waals surface area contributed by atoms with Gasteiger partial charge in [-0.15, -0.1) is 0 Å². The Bertz CT molecular complexity index is 897. The van der Waals surface area contributed by atoms with E-state index in [1.165, 1.54) is 12.7 Å². The molecule has 2 aliphatic rings. The molecule has 0 radical (unpaired) electrons. The molecule has 1 aromatic carbocycles. The number of hydrogen-bond donors (Lipinski definition) is 1. The Labute approximate surface area is 175 Å². The number of aliphatic hydroxyl groups excluding tert-OH is 1. The highest BCUT2D eigenvalue weighted by Crippen LogP contribution is 2.33. The van der Waals surface area contributed by atoms with E-state index in [0.717, 1.165) is 68.7 Å². The van der Waals surface area contributed by atoms with Crippen molar-refractivity contribution in [1.29, 1.82) is 0 Å². The van der Waals surface area contributed by atoms with Gasteiger partial charge in [0, 0.05) is 34.9 Å². The van der Waals surface area contributed by atoms with Crippen molar-refractivity contribution >= 4 is 23.4 Å². The average Bonchev–Trinajstić information content (AvgIpc) is 2.77. The highest BCUT2D eigenvalue weighted by Gasteiger charge is 2.32. The largest absolute Gasteiger partial charge is 0.467 e. The molecule has 6 nitrogen and oxygen atoms in total. The van der Waals surface area contributed by atoms with E-state index in [0.29, 0.717) is 10.8 Å². The fourth-order valence-corrected chi connectivity index (χ4v) is 4.52. The number of aliphatic hydroxyl groups is 1. The summed E-state index contributed by atoms with van der Waals surface area (Å²) in [6, 6.07) is 7.65. The lowest BCUT2D eigenvalue weighted by Crippen LogP contribution is -2.41. The summed E-state index contributed by atoms with van der Waals surface area (Å²) in [4.78, 5) is 23.7. The summed E-state index contributed by atoms with van der Waals surface area (Å²) in [5, 5.41) is 10.8. The van der Waals surface area contributed by atoms with Crippen LogP contribution in [0.3, 0.4) is 0 Å². The molecule has 7 heteroatoms. The summed E-state index contributed by atoms with van der Waals surface area (Å²) in [7, 11) is 1.31. The van der Waals surface area contributed by atoms with E-state index in [2.05, 4.69) is 4.90 Å². The number of nitrogens with zero attached hydrogens (tertiary/aromatic N) is 3. The number of anilines is 1. The van der Waals surface area contributed by atoms with Gasteiger partial charge in [-0.2, -0.15) is 0 Å². The minimum Gasteiger partial charge on any atom is -0.467 e. The van der Waals surface area contributed by atoms with Crippen LogP contribution in [0.25, 0.3) is 11.4 Å². The molecule has 1 aliphatic carbocycles. The summed E-state index contributed by atoms with van der Waals surface area (Å²) in [5.74, 6) is 1.07. The Morgan fingerprint density at radius 1 is 1.24 bits per heavy atom. The first-order valence-corrected chi connectivity index (χ1v) is 10.6. The molecule has 1 aromatic heterocycles. The molecule has 4 rings (SSSR count). The Kier molecular flexibility index (Phi) is 6.01. The Hall–Kier alpha value is -2.18. The first kappa shape index (κ1) is 20.1. The van der Waals surface area contributed by atoms with Gasteiger partial charge in [-0.3, -0.25) is 0 Å². The van der Waals surface area contributed by atoms with E-state index in [1.807, 2.05) is 24.3 Å². The molecule has 154 valence electrons. The molecule has 0 spiro atoms. The number of ether oxygens (including phenoxy) is 1. The second-order valence-corrected chi connectivity index (χ2v) is 8.24. The number of esters is 1. The molecule has 29 heavy (non-hydrogen) atoms. The summed E-state index contributed by atoms with van der Waals surface area (Å²) >= 11 is 6.18. The van der Waals surface area contributed by atoms with Gasteiger partial charge in [-0.05, 0) is 56.6 Å². The second-order valence-electron chi connectivity index (χ2n) is 7.81. The van der Waals surface area contributed by atoms with Gasteiger partial charge in [0.1, 0.15) is 5.82 Å². The number of hydrogen-bond acceptors (Lipinski definition) is 6. The maximum Gasteiger partial charge on any atom is 0.334 e. The SMILES string of the molecule is COC(=O)C(O)C1CCN(c2nc(-c3cccc(Cl)c3)nc3c2CCCC3)CC1. The van der Waals surface area contributed by atoms with Crippen molar-refractivity contribution in [2.45, 2.75) is 44.6 Å². The lowest BCUT2D eigenvalue weighted by Gasteiger charge is -2.36. The molecule has 1 fully saturated rings. The third kappa shape index (κ3) is 4.23. The molecular weight excluding hydrogens is 390 g/mol. The van der Waals surface area contributed by atoms with Gasteiger partial charge in [0.2, 0.25) is 0 Å². The zero-order valence-corrected chi connectivity index (χ0v) is 17.4. The number of carbonyl (C=O) groups is 1. The van der Waals surface area contributed by atoms with Gasteiger partial charge >= 0.3 is 5.97 Å². The average molecular weight is 416 g/mol. The van der Waals surface area contributed by atoms with Crippen molar-refractivity contribution in [3.63, 3.8) is 0 Å². The molecule has 0 bridgehead atoms. The summed E-state index contributed by atoms with van der Waals surface area (Å²) in [6.45, 7) is 1.49. The van der Waals surface area contributed by atoms with Gasteiger partial charge < -0.3 is 14.7 Å². The minimum atomic E-state index is -1.05. The van der Waals surface area contributed by atoms with Gasteiger partial charge in [0.05, 0.1) is 7.11 Å². The summed E-state index contributed by atoms with van der Waals surface area (Å²) in [6.07, 6.45) is 4.65. The lowest BCUT2D eigenvalue weighted by molar-refractivity contribution is -0.153. The first-order valence-electron chi connectivity index (χ1n) is 10.2. The van der Waals surface area contributed by atoms with E-state index >= 15 is 0 Å².